The zero-order chi connectivity index (χ0) is 14.5. The van der Waals surface area contributed by atoms with E-state index in [0.717, 1.165) is 17.7 Å². The Morgan fingerprint density at radius 3 is 2.75 bits per heavy atom. The second-order valence-electron chi connectivity index (χ2n) is 4.25. The molecule has 20 heavy (non-hydrogen) atoms. The minimum atomic E-state index is -1.06. The molecule has 1 amide bonds. The van der Waals surface area contributed by atoms with Crippen molar-refractivity contribution in [2.24, 2.45) is 0 Å². The summed E-state index contributed by atoms with van der Waals surface area (Å²) in [6, 6.07) is 4.78. The molecule has 0 aliphatic rings. The van der Waals surface area contributed by atoms with Gasteiger partial charge in [0.25, 0.3) is 5.91 Å². The lowest BCUT2D eigenvalue weighted by Crippen LogP contribution is -2.25. The van der Waals surface area contributed by atoms with Gasteiger partial charge in [-0.15, -0.1) is 0 Å². The van der Waals surface area contributed by atoms with E-state index in [9.17, 15) is 18.7 Å². The highest BCUT2D eigenvalue weighted by molar-refractivity contribution is 7.07. The van der Waals surface area contributed by atoms with Gasteiger partial charge in [0, 0.05) is 12.1 Å². The van der Waals surface area contributed by atoms with Crippen LogP contribution in [-0.4, -0.2) is 17.6 Å². The fourth-order valence-electron chi connectivity index (χ4n) is 1.69. The third kappa shape index (κ3) is 3.61. The van der Waals surface area contributed by atoms with Crippen LogP contribution in [0.1, 0.15) is 28.4 Å². The van der Waals surface area contributed by atoms with Gasteiger partial charge < -0.3 is 10.4 Å². The van der Waals surface area contributed by atoms with Crippen molar-refractivity contribution >= 4 is 17.2 Å². The molecule has 1 aromatic heterocycles. The second-order valence-corrected chi connectivity index (χ2v) is 5.03. The van der Waals surface area contributed by atoms with Gasteiger partial charge in [0.05, 0.1) is 6.10 Å². The maximum atomic E-state index is 13.0. The van der Waals surface area contributed by atoms with Gasteiger partial charge in [0.15, 0.2) is 11.6 Å². The quantitative estimate of drug-likeness (QED) is 0.891. The first-order chi connectivity index (χ1) is 9.58. The molecule has 0 saturated carbocycles. The minimum Gasteiger partial charge on any atom is -0.388 e. The molecule has 106 valence electrons. The lowest BCUT2D eigenvalue weighted by atomic mass is 10.1. The van der Waals surface area contributed by atoms with E-state index in [1.807, 2.05) is 16.8 Å². The van der Waals surface area contributed by atoms with E-state index in [0.29, 0.717) is 6.42 Å². The topological polar surface area (TPSA) is 49.3 Å². The molecule has 0 aliphatic carbocycles. The predicted octanol–water partition coefficient (Wildman–Crippen LogP) is 2.88. The number of hydrogen-bond acceptors (Lipinski definition) is 3. The second kappa shape index (κ2) is 6.58. The lowest BCUT2D eigenvalue weighted by molar-refractivity contribution is 0.0942. The molecule has 6 heteroatoms. The predicted molar refractivity (Wildman–Crippen MR) is 72.6 cm³/mol. The van der Waals surface area contributed by atoms with Gasteiger partial charge in [-0.2, -0.15) is 11.3 Å². The maximum Gasteiger partial charge on any atom is 0.251 e. The average molecular weight is 297 g/mol. The van der Waals surface area contributed by atoms with E-state index in [1.165, 1.54) is 17.4 Å². The summed E-state index contributed by atoms with van der Waals surface area (Å²) >= 11 is 1.48. The molecular formula is C14H13F2NO2S. The van der Waals surface area contributed by atoms with E-state index in [-0.39, 0.29) is 12.1 Å². The molecule has 1 heterocycles. The van der Waals surface area contributed by atoms with Gasteiger partial charge in [0.1, 0.15) is 0 Å². The summed E-state index contributed by atoms with van der Waals surface area (Å²) in [7, 11) is 0. The Labute approximate surface area is 118 Å². The van der Waals surface area contributed by atoms with Crippen LogP contribution in [0.5, 0.6) is 0 Å². The Balaban J connectivity index is 1.84. The Bertz CT molecular complexity index is 587. The summed E-state index contributed by atoms with van der Waals surface area (Å²) in [4.78, 5) is 11.7. The van der Waals surface area contributed by atoms with Crippen LogP contribution in [0.25, 0.3) is 0 Å². The van der Waals surface area contributed by atoms with E-state index < -0.39 is 23.6 Å². The minimum absolute atomic E-state index is 0.0499. The van der Waals surface area contributed by atoms with Crippen molar-refractivity contribution in [3.63, 3.8) is 0 Å². The van der Waals surface area contributed by atoms with E-state index in [4.69, 9.17) is 0 Å². The first kappa shape index (κ1) is 14.6. The van der Waals surface area contributed by atoms with E-state index in [2.05, 4.69) is 5.32 Å². The smallest absolute Gasteiger partial charge is 0.251 e. The Morgan fingerprint density at radius 2 is 2.10 bits per heavy atom. The molecule has 1 atom stereocenters. The van der Waals surface area contributed by atoms with Crippen LogP contribution in [0.4, 0.5) is 8.78 Å². The number of aliphatic hydroxyl groups is 1. The molecule has 2 N–H and O–H groups in total. The van der Waals surface area contributed by atoms with Crippen molar-refractivity contribution in [2.45, 2.75) is 12.5 Å². The van der Waals surface area contributed by atoms with E-state index >= 15 is 0 Å². The number of rotatable bonds is 5. The van der Waals surface area contributed by atoms with Gasteiger partial charge in [-0.1, -0.05) is 0 Å². The van der Waals surface area contributed by atoms with E-state index in [1.54, 1.807) is 0 Å². The van der Waals surface area contributed by atoms with Crippen molar-refractivity contribution < 1.29 is 18.7 Å². The standard InChI is InChI=1S/C14H13F2NO2S/c15-11-2-1-9(7-12(11)16)14(19)17-5-3-13(18)10-4-6-20-8-10/h1-2,4,6-8,13,18H,3,5H2,(H,17,19)/t13-/m1/s1. The van der Waals surface area contributed by atoms with Crippen LogP contribution < -0.4 is 5.32 Å². The third-order valence-electron chi connectivity index (χ3n) is 2.81. The number of benzene rings is 1. The normalized spacial score (nSPS) is 12.2. The largest absolute Gasteiger partial charge is 0.388 e. The van der Waals surface area contributed by atoms with Crippen molar-refractivity contribution in [2.75, 3.05) is 6.54 Å². The third-order valence-corrected chi connectivity index (χ3v) is 3.51. The number of amides is 1. The average Bonchev–Trinajstić information content (AvgIpc) is 2.95. The monoisotopic (exact) mass is 297 g/mol. The Hall–Kier alpha value is -1.79. The molecular weight excluding hydrogens is 284 g/mol. The summed E-state index contributed by atoms with van der Waals surface area (Å²) in [5, 5.41) is 16.1. The molecule has 0 bridgehead atoms. The summed E-state index contributed by atoms with van der Waals surface area (Å²) < 4.78 is 25.7. The molecule has 0 spiro atoms. The van der Waals surface area contributed by atoms with Crippen LogP contribution >= 0.6 is 11.3 Å². The lowest BCUT2D eigenvalue weighted by Gasteiger charge is -2.10. The molecule has 0 fully saturated rings. The van der Waals surface area contributed by atoms with Crippen LogP contribution in [0.3, 0.4) is 0 Å². The molecule has 1 aromatic carbocycles. The summed E-state index contributed by atoms with van der Waals surface area (Å²) in [5.41, 5.74) is 0.853. The number of halogens is 2. The maximum absolute atomic E-state index is 13.0. The number of carbonyl (C=O) groups is 1. The van der Waals surface area contributed by atoms with Gasteiger partial charge in [-0.3, -0.25) is 4.79 Å². The van der Waals surface area contributed by atoms with Crippen LogP contribution in [-0.2, 0) is 0 Å². The molecule has 0 unspecified atom stereocenters. The highest BCUT2D eigenvalue weighted by atomic mass is 32.1. The number of hydrogen-bond donors (Lipinski definition) is 2. The van der Waals surface area contributed by atoms with Gasteiger partial charge in [-0.05, 0) is 47.0 Å². The first-order valence-corrected chi connectivity index (χ1v) is 6.95. The van der Waals surface area contributed by atoms with Crippen molar-refractivity contribution in [1.29, 1.82) is 0 Å². The highest BCUT2D eigenvalue weighted by Crippen LogP contribution is 2.18. The van der Waals surface area contributed by atoms with Crippen molar-refractivity contribution in [1.82, 2.24) is 5.32 Å². The number of aliphatic hydroxyl groups excluding tert-OH is 1. The van der Waals surface area contributed by atoms with Gasteiger partial charge in [-0.25, -0.2) is 8.78 Å². The first-order valence-electron chi connectivity index (χ1n) is 6.01. The SMILES string of the molecule is O=C(NCC[C@@H](O)c1ccsc1)c1ccc(F)c(F)c1. The van der Waals surface area contributed by atoms with Crippen molar-refractivity contribution in [3.05, 3.63) is 57.8 Å². The van der Waals surface area contributed by atoms with Crippen LogP contribution in [0.2, 0.25) is 0 Å². The zero-order valence-corrected chi connectivity index (χ0v) is 11.3. The zero-order valence-electron chi connectivity index (χ0n) is 10.5. The number of nitrogens with one attached hydrogen (secondary N) is 1. The highest BCUT2D eigenvalue weighted by Gasteiger charge is 2.11. The summed E-state index contributed by atoms with van der Waals surface area (Å²) in [5.74, 6) is -2.55. The van der Waals surface area contributed by atoms with Crippen LogP contribution in [0.15, 0.2) is 35.0 Å². The van der Waals surface area contributed by atoms with Gasteiger partial charge >= 0.3 is 0 Å². The number of carbonyl (C=O) groups excluding carboxylic acids is 1. The summed E-state index contributed by atoms with van der Waals surface area (Å²) in [6.07, 6.45) is -0.293. The Kier molecular flexibility index (Phi) is 4.81. The fraction of sp³-hybridized carbons (Fsp3) is 0.214. The molecule has 2 rings (SSSR count). The Morgan fingerprint density at radius 1 is 1.30 bits per heavy atom. The van der Waals surface area contributed by atoms with Crippen LogP contribution in [0, 0.1) is 11.6 Å². The fourth-order valence-corrected chi connectivity index (χ4v) is 2.40. The molecule has 0 saturated heterocycles. The summed E-state index contributed by atoms with van der Waals surface area (Å²) in [6.45, 7) is 0.245. The molecule has 2 aromatic rings. The van der Waals surface area contributed by atoms with Crippen molar-refractivity contribution in [3.8, 4) is 0 Å². The molecule has 0 aliphatic heterocycles. The van der Waals surface area contributed by atoms with Gasteiger partial charge in [0.2, 0.25) is 0 Å². The number of thiophene rings is 1. The molecule has 3 nitrogen and oxygen atoms in total. The molecule has 0 radical (unpaired) electrons.